The highest BCUT2D eigenvalue weighted by molar-refractivity contribution is 5.89. The molecular formula is C18H31N3O3. The van der Waals surface area contributed by atoms with Crippen molar-refractivity contribution in [2.24, 2.45) is 11.8 Å². The van der Waals surface area contributed by atoms with Crippen molar-refractivity contribution in [2.45, 2.75) is 65.5 Å². The van der Waals surface area contributed by atoms with E-state index in [1.807, 2.05) is 32.6 Å². The molecular weight excluding hydrogens is 306 g/mol. The van der Waals surface area contributed by atoms with Gasteiger partial charge in [0.2, 0.25) is 17.7 Å². The first-order valence-electron chi connectivity index (χ1n) is 9.15. The van der Waals surface area contributed by atoms with Crippen LogP contribution in [0.2, 0.25) is 0 Å². The highest BCUT2D eigenvalue weighted by Crippen LogP contribution is 2.23. The van der Waals surface area contributed by atoms with Crippen LogP contribution in [0.3, 0.4) is 0 Å². The maximum Gasteiger partial charge on any atom is 0.227 e. The van der Waals surface area contributed by atoms with Gasteiger partial charge in [0.15, 0.2) is 0 Å². The van der Waals surface area contributed by atoms with Gasteiger partial charge in [-0.1, -0.05) is 13.8 Å². The summed E-state index contributed by atoms with van der Waals surface area (Å²) in [7, 11) is 0. The molecule has 2 rings (SSSR count). The van der Waals surface area contributed by atoms with Crippen LogP contribution in [0, 0.1) is 11.8 Å². The Morgan fingerprint density at radius 1 is 1.17 bits per heavy atom. The van der Waals surface area contributed by atoms with Gasteiger partial charge >= 0.3 is 0 Å². The zero-order valence-electron chi connectivity index (χ0n) is 15.4. The van der Waals surface area contributed by atoms with E-state index in [0.717, 1.165) is 12.8 Å². The first-order chi connectivity index (χ1) is 11.3. The highest BCUT2D eigenvalue weighted by atomic mass is 16.2. The largest absolute Gasteiger partial charge is 0.353 e. The fourth-order valence-electron chi connectivity index (χ4n) is 3.56. The van der Waals surface area contributed by atoms with Crippen LogP contribution in [0.4, 0.5) is 0 Å². The molecule has 0 aromatic carbocycles. The van der Waals surface area contributed by atoms with E-state index in [1.54, 1.807) is 4.90 Å². The van der Waals surface area contributed by atoms with E-state index in [9.17, 15) is 14.4 Å². The summed E-state index contributed by atoms with van der Waals surface area (Å²) in [5.74, 6) is 0.434. The summed E-state index contributed by atoms with van der Waals surface area (Å²) in [5, 5.41) is 3.07. The Hall–Kier alpha value is -1.59. The van der Waals surface area contributed by atoms with Crippen LogP contribution in [0.25, 0.3) is 0 Å². The van der Waals surface area contributed by atoms with Crippen LogP contribution in [0.1, 0.15) is 53.4 Å². The van der Waals surface area contributed by atoms with Crippen molar-refractivity contribution in [2.75, 3.05) is 19.6 Å². The Balaban J connectivity index is 1.79. The SMILES string of the molecule is CC(C)CC(=O)NC1CCN(C(=O)C2CC(=O)N(C(C)C)C2)CC1. The van der Waals surface area contributed by atoms with Crippen LogP contribution in [0.15, 0.2) is 0 Å². The zero-order chi connectivity index (χ0) is 17.9. The maximum absolute atomic E-state index is 12.6. The predicted octanol–water partition coefficient (Wildman–Crippen LogP) is 1.40. The number of piperidine rings is 1. The van der Waals surface area contributed by atoms with Crippen molar-refractivity contribution in [3.05, 3.63) is 0 Å². The minimum atomic E-state index is -0.202. The molecule has 2 fully saturated rings. The Morgan fingerprint density at radius 2 is 1.79 bits per heavy atom. The number of rotatable bonds is 5. The standard InChI is InChI=1S/C18H31N3O3/c1-12(2)9-16(22)19-15-5-7-20(8-6-15)18(24)14-10-17(23)21(11-14)13(3)4/h12-15H,5-11H2,1-4H3,(H,19,22). The molecule has 0 saturated carbocycles. The van der Waals surface area contributed by atoms with Crippen LogP contribution in [-0.4, -0.2) is 59.2 Å². The van der Waals surface area contributed by atoms with Gasteiger partial charge in [0.05, 0.1) is 5.92 Å². The summed E-state index contributed by atoms with van der Waals surface area (Å²) >= 11 is 0. The quantitative estimate of drug-likeness (QED) is 0.824. The average molecular weight is 337 g/mol. The summed E-state index contributed by atoms with van der Waals surface area (Å²) in [6.07, 6.45) is 2.48. The lowest BCUT2D eigenvalue weighted by Crippen LogP contribution is -2.48. The number of nitrogens with zero attached hydrogens (tertiary/aromatic N) is 2. The van der Waals surface area contributed by atoms with E-state index in [2.05, 4.69) is 5.32 Å². The minimum absolute atomic E-state index is 0.0826. The van der Waals surface area contributed by atoms with Gasteiger partial charge < -0.3 is 15.1 Å². The Bertz CT molecular complexity index is 482. The first-order valence-corrected chi connectivity index (χ1v) is 9.15. The van der Waals surface area contributed by atoms with E-state index < -0.39 is 0 Å². The van der Waals surface area contributed by atoms with Gasteiger partial charge in [-0.2, -0.15) is 0 Å². The van der Waals surface area contributed by atoms with E-state index in [4.69, 9.17) is 0 Å². The number of carbonyl (C=O) groups is 3. The van der Waals surface area contributed by atoms with E-state index in [0.29, 0.717) is 38.4 Å². The molecule has 1 atom stereocenters. The monoisotopic (exact) mass is 337 g/mol. The molecule has 2 aliphatic rings. The second-order valence-corrected chi connectivity index (χ2v) is 7.81. The Kier molecular flexibility index (Phi) is 6.24. The van der Waals surface area contributed by atoms with E-state index in [-0.39, 0.29) is 35.7 Å². The Morgan fingerprint density at radius 3 is 2.29 bits per heavy atom. The smallest absolute Gasteiger partial charge is 0.227 e. The molecule has 0 aliphatic carbocycles. The molecule has 0 bridgehead atoms. The van der Waals surface area contributed by atoms with Gasteiger partial charge in [0.25, 0.3) is 0 Å². The third kappa shape index (κ3) is 4.71. The molecule has 3 amide bonds. The summed E-state index contributed by atoms with van der Waals surface area (Å²) < 4.78 is 0. The fraction of sp³-hybridized carbons (Fsp3) is 0.833. The lowest BCUT2D eigenvalue weighted by molar-refractivity contribution is -0.137. The molecule has 0 aromatic rings. The van der Waals surface area contributed by atoms with Crippen molar-refractivity contribution in [1.29, 1.82) is 0 Å². The molecule has 1 N–H and O–H groups in total. The van der Waals surface area contributed by atoms with Crippen LogP contribution in [-0.2, 0) is 14.4 Å². The van der Waals surface area contributed by atoms with Gasteiger partial charge in [-0.3, -0.25) is 14.4 Å². The number of hydrogen-bond acceptors (Lipinski definition) is 3. The molecule has 0 aromatic heterocycles. The number of hydrogen-bond donors (Lipinski definition) is 1. The number of carbonyl (C=O) groups excluding carboxylic acids is 3. The highest BCUT2D eigenvalue weighted by Gasteiger charge is 2.38. The average Bonchev–Trinajstić information content (AvgIpc) is 2.88. The summed E-state index contributed by atoms with van der Waals surface area (Å²) in [5.41, 5.74) is 0. The third-order valence-corrected chi connectivity index (χ3v) is 4.90. The van der Waals surface area contributed by atoms with Gasteiger partial charge in [0.1, 0.15) is 0 Å². The van der Waals surface area contributed by atoms with Crippen LogP contribution < -0.4 is 5.32 Å². The molecule has 0 spiro atoms. The number of likely N-dealkylation sites (tertiary alicyclic amines) is 2. The third-order valence-electron chi connectivity index (χ3n) is 4.90. The predicted molar refractivity (Wildman–Crippen MR) is 92.2 cm³/mol. The normalized spacial score (nSPS) is 22.6. The van der Waals surface area contributed by atoms with Crippen molar-refractivity contribution >= 4 is 17.7 Å². The Labute approximate surface area is 144 Å². The van der Waals surface area contributed by atoms with Gasteiger partial charge in [-0.25, -0.2) is 0 Å². The van der Waals surface area contributed by atoms with Gasteiger partial charge in [-0.05, 0) is 32.6 Å². The van der Waals surface area contributed by atoms with Gasteiger partial charge in [-0.15, -0.1) is 0 Å². The number of nitrogens with one attached hydrogen (secondary N) is 1. The van der Waals surface area contributed by atoms with Crippen LogP contribution >= 0.6 is 0 Å². The first kappa shape index (κ1) is 18.7. The molecule has 0 radical (unpaired) electrons. The van der Waals surface area contributed by atoms with Gasteiger partial charge in [0, 0.05) is 44.6 Å². The molecule has 6 nitrogen and oxygen atoms in total. The summed E-state index contributed by atoms with van der Waals surface area (Å²) in [6.45, 7) is 9.90. The molecule has 2 heterocycles. The fourth-order valence-corrected chi connectivity index (χ4v) is 3.56. The molecule has 6 heteroatoms. The molecule has 1 unspecified atom stereocenters. The lowest BCUT2D eigenvalue weighted by atomic mass is 10.0. The summed E-state index contributed by atoms with van der Waals surface area (Å²) in [4.78, 5) is 40.1. The molecule has 24 heavy (non-hydrogen) atoms. The van der Waals surface area contributed by atoms with Crippen molar-refractivity contribution in [3.8, 4) is 0 Å². The number of amides is 3. The van der Waals surface area contributed by atoms with E-state index >= 15 is 0 Å². The topological polar surface area (TPSA) is 69.7 Å². The second kappa shape index (κ2) is 7.99. The van der Waals surface area contributed by atoms with Crippen molar-refractivity contribution in [3.63, 3.8) is 0 Å². The zero-order valence-corrected chi connectivity index (χ0v) is 15.4. The van der Waals surface area contributed by atoms with E-state index in [1.165, 1.54) is 0 Å². The summed E-state index contributed by atoms with van der Waals surface area (Å²) in [6, 6.07) is 0.315. The van der Waals surface area contributed by atoms with Crippen molar-refractivity contribution in [1.82, 2.24) is 15.1 Å². The lowest BCUT2D eigenvalue weighted by Gasteiger charge is -2.34. The minimum Gasteiger partial charge on any atom is -0.353 e. The maximum atomic E-state index is 12.6. The molecule has 136 valence electrons. The van der Waals surface area contributed by atoms with Crippen molar-refractivity contribution < 1.29 is 14.4 Å². The second-order valence-electron chi connectivity index (χ2n) is 7.81. The molecule has 2 aliphatic heterocycles. The molecule has 2 saturated heterocycles. The van der Waals surface area contributed by atoms with Crippen LogP contribution in [0.5, 0.6) is 0 Å².